The molecule has 1 unspecified atom stereocenters. The van der Waals surface area contributed by atoms with Gasteiger partial charge in [-0.2, -0.15) is 0 Å². The zero-order valence-corrected chi connectivity index (χ0v) is 9.09. The lowest BCUT2D eigenvalue weighted by Gasteiger charge is -2.20. The minimum atomic E-state index is -0.164. The molecule has 14 heavy (non-hydrogen) atoms. The standard InChI is InChI=1S/C9H15NO3S/c1-2-13-9(12)8-6-14-7-10(8)4-3-5-11/h5,8H,2-4,6-7H2,1H3. The van der Waals surface area contributed by atoms with Crippen molar-refractivity contribution in [3.63, 3.8) is 0 Å². The second kappa shape index (κ2) is 6.03. The Labute approximate surface area is 88.0 Å². The summed E-state index contributed by atoms with van der Waals surface area (Å²) in [6, 6.07) is -0.153. The van der Waals surface area contributed by atoms with Crippen molar-refractivity contribution in [1.82, 2.24) is 4.90 Å². The number of hydrogen-bond donors (Lipinski definition) is 0. The van der Waals surface area contributed by atoms with E-state index in [0.29, 0.717) is 19.6 Å². The van der Waals surface area contributed by atoms with E-state index in [9.17, 15) is 9.59 Å². The van der Waals surface area contributed by atoms with E-state index < -0.39 is 0 Å². The topological polar surface area (TPSA) is 46.6 Å². The monoisotopic (exact) mass is 217 g/mol. The molecule has 0 aromatic carbocycles. The van der Waals surface area contributed by atoms with Gasteiger partial charge < -0.3 is 9.53 Å². The highest BCUT2D eigenvalue weighted by Gasteiger charge is 2.31. The summed E-state index contributed by atoms with van der Waals surface area (Å²) in [4.78, 5) is 23.7. The number of esters is 1. The van der Waals surface area contributed by atoms with E-state index >= 15 is 0 Å². The molecule has 0 bridgehead atoms. The van der Waals surface area contributed by atoms with Crippen molar-refractivity contribution in [1.29, 1.82) is 0 Å². The fourth-order valence-electron chi connectivity index (χ4n) is 1.37. The second-order valence-corrected chi connectivity index (χ2v) is 4.04. The first-order chi connectivity index (χ1) is 6.79. The Bertz CT molecular complexity index is 210. The van der Waals surface area contributed by atoms with E-state index in [4.69, 9.17) is 4.74 Å². The summed E-state index contributed by atoms with van der Waals surface area (Å²) < 4.78 is 4.95. The maximum atomic E-state index is 11.5. The van der Waals surface area contributed by atoms with Crippen LogP contribution in [0.2, 0.25) is 0 Å². The molecule has 0 spiro atoms. The zero-order chi connectivity index (χ0) is 10.4. The summed E-state index contributed by atoms with van der Waals surface area (Å²) in [7, 11) is 0. The van der Waals surface area contributed by atoms with Crippen LogP contribution in [0, 0.1) is 0 Å². The normalized spacial score (nSPS) is 22.2. The molecule has 1 heterocycles. The number of rotatable bonds is 5. The fourth-order valence-corrected chi connectivity index (χ4v) is 2.59. The molecule has 0 radical (unpaired) electrons. The van der Waals surface area contributed by atoms with E-state index in [-0.39, 0.29) is 12.0 Å². The van der Waals surface area contributed by atoms with Gasteiger partial charge in [0, 0.05) is 24.6 Å². The molecule has 0 aromatic heterocycles. The average Bonchev–Trinajstić information content (AvgIpc) is 2.63. The van der Waals surface area contributed by atoms with Gasteiger partial charge in [0.05, 0.1) is 6.61 Å². The maximum absolute atomic E-state index is 11.5. The Morgan fingerprint density at radius 3 is 3.14 bits per heavy atom. The van der Waals surface area contributed by atoms with Crippen LogP contribution in [0.25, 0.3) is 0 Å². The van der Waals surface area contributed by atoms with Gasteiger partial charge in [0.25, 0.3) is 0 Å². The van der Waals surface area contributed by atoms with Crippen molar-refractivity contribution in [2.75, 3.05) is 24.8 Å². The summed E-state index contributed by atoms with van der Waals surface area (Å²) in [5.74, 6) is 1.43. The van der Waals surface area contributed by atoms with Gasteiger partial charge in [0.15, 0.2) is 0 Å². The molecule has 1 saturated heterocycles. The van der Waals surface area contributed by atoms with Crippen molar-refractivity contribution in [2.24, 2.45) is 0 Å². The molecule has 0 amide bonds. The van der Waals surface area contributed by atoms with Crippen LogP contribution >= 0.6 is 11.8 Å². The lowest BCUT2D eigenvalue weighted by molar-refractivity contribution is -0.148. The Morgan fingerprint density at radius 2 is 2.50 bits per heavy atom. The van der Waals surface area contributed by atoms with Gasteiger partial charge in [0.2, 0.25) is 0 Å². The summed E-state index contributed by atoms with van der Waals surface area (Å²) in [5, 5.41) is 0. The van der Waals surface area contributed by atoms with Crippen molar-refractivity contribution in [3.8, 4) is 0 Å². The molecule has 4 nitrogen and oxygen atoms in total. The minimum Gasteiger partial charge on any atom is -0.465 e. The number of carbonyl (C=O) groups is 2. The molecule has 0 aliphatic carbocycles. The number of nitrogens with zero attached hydrogens (tertiary/aromatic N) is 1. The molecule has 1 fully saturated rings. The Morgan fingerprint density at radius 1 is 1.71 bits per heavy atom. The fraction of sp³-hybridized carbons (Fsp3) is 0.778. The molecule has 1 rings (SSSR count). The van der Waals surface area contributed by atoms with E-state index in [1.807, 2.05) is 4.90 Å². The van der Waals surface area contributed by atoms with Crippen molar-refractivity contribution < 1.29 is 14.3 Å². The van der Waals surface area contributed by atoms with Crippen LogP contribution < -0.4 is 0 Å². The van der Waals surface area contributed by atoms with Crippen molar-refractivity contribution >= 4 is 24.0 Å². The maximum Gasteiger partial charge on any atom is 0.324 e. The third-order valence-electron chi connectivity index (χ3n) is 2.07. The molecule has 0 saturated carbocycles. The van der Waals surface area contributed by atoms with Crippen LogP contribution in [0.5, 0.6) is 0 Å². The number of hydrogen-bond acceptors (Lipinski definition) is 5. The Kier molecular flexibility index (Phi) is 4.97. The Hall–Kier alpha value is -0.550. The molecular formula is C9H15NO3S. The van der Waals surface area contributed by atoms with E-state index in [1.54, 1.807) is 18.7 Å². The molecule has 80 valence electrons. The molecule has 1 atom stereocenters. The summed E-state index contributed by atoms with van der Waals surface area (Å²) in [6.07, 6.45) is 1.36. The molecule has 5 heteroatoms. The largest absolute Gasteiger partial charge is 0.465 e. The third kappa shape index (κ3) is 2.99. The lowest BCUT2D eigenvalue weighted by atomic mass is 10.3. The Balaban J connectivity index is 2.41. The van der Waals surface area contributed by atoms with Gasteiger partial charge >= 0.3 is 5.97 Å². The predicted molar refractivity (Wildman–Crippen MR) is 55.1 cm³/mol. The number of ether oxygens (including phenoxy) is 1. The molecule has 1 aliphatic heterocycles. The molecule has 1 aliphatic rings. The van der Waals surface area contributed by atoms with E-state index in [2.05, 4.69) is 0 Å². The quantitative estimate of drug-likeness (QED) is 0.496. The van der Waals surface area contributed by atoms with E-state index in [1.165, 1.54) is 0 Å². The molecule has 0 N–H and O–H groups in total. The van der Waals surface area contributed by atoms with Gasteiger partial charge in [0.1, 0.15) is 12.3 Å². The molecule has 0 aromatic rings. The predicted octanol–water partition coefficient (Wildman–Crippen LogP) is 0.513. The highest BCUT2D eigenvalue weighted by Crippen LogP contribution is 2.21. The van der Waals surface area contributed by atoms with Crippen LogP contribution in [0.1, 0.15) is 13.3 Å². The summed E-state index contributed by atoms with van der Waals surface area (Å²) in [6.45, 7) is 2.87. The number of aldehydes is 1. The van der Waals surface area contributed by atoms with Gasteiger partial charge in [-0.05, 0) is 6.92 Å². The van der Waals surface area contributed by atoms with Crippen molar-refractivity contribution in [3.05, 3.63) is 0 Å². The van der Waals surface area contributed by atoms with Crippen LogP contribution in [-0.2, 0) is 14.3 Å². The van der Waals surface area contributed by atoms with Crippen LogP contribution in [-0.4, -0.2) is 48.0 Å². The van der Waals surface area contributed by atoms with Crippen LogP contribution in [0.4, 0.5) is 0 Å². The van der Waals surface area contributed by atoms with Crippen LogP contribution in [0.15, 0.2) is 0 Å². The third-order valence-corrected chi connectivity index (χ3v) is 3.13. The zero-order valence-electron chi connectivity index (χ0n) is 8.27. The first-order valence-corrected chi connectivity index (χ1v) is 5.87. The number of thioether (sulfide) groups is 1. The summed E-state index contributed by atoms with van der Waals surface area (Å²) >= 11 is 1.70. The minimum absolute atomic E-state index is 0.153. The average molecular weight is 217 g/mol. The lowest BCUT2D eigenvalue weighted by Crippen LogP contribution is -2.39. The van der Waals surface area contributed by atoms with Crippen molar-refractivity contribution in [2.45, 2.75) is 19.4 Å². The first-order valence-electron chi connectivity index (χ1n) is 4.71. The SMILES string of the molecule is CCOC(=O)C1CSCN1CCC=O. The number of carbonyl (C=O) groups excluding carboxylic acids is 2. The highest BCUT2D eigenvalue weighted by atomic mass is 32.2. The van der Waals surface area contributed by atoms with E-state index in [0.717, 1.165) is 17.9 Å². The first kappa shape index (κ1) is 11.5. The van der Waals surface area contributed by atoms with Crippen LogP contribution in [0.3, 0.4) is 0 Å². The molecular weight excluding hydrogens is 202 g/mol. The smallest absolute Gasteiger partial charge is 0.324 e. The van der Waals surface area contributed by atoms with Gasteiger partial charge in [-0.15, -0.1) is 11.8 Å². The van der Waals surface area contributed by atoms with Gasteiger partial charge in [-0.1, -0.05) is 0 Å². The second-order valence-electron chi connectivity index (χ2n) is 3.04. The van der Waals surface area contributed by atoms with Gasteiger partial charge in [-0.3, -0.25) is 9.69 Å². The highest BCUT2D eigenvalue weighted by molar-refractivity contribution is 7.99. The van der Waals surface area contributed by atoms with Gasteiger partial charge in [-0.25, -0.2) is 0 Å². The summed E-state index contributed by atoms with van der Waals surface area (Å²) in [5.41, 5.74) is 0.